The molecular weight excluding hydrogens is 256 g/mol. The van der Waals surface area contributed by atoms with E-state index in [1.807, 2.05) is 16.7 Å². The van der Waals surface area contributed by atoms with E-state index in [1.54, 1.807) is 14.2 Å². The van der Waals surface area contributed by atoms with Crippen molar-refractivity contribution in [3.63, 3.8) is 0 Å². The Kier molecular flexibility index (Phi) is 4.34. The van der Waals surface area contributed by atoms with E-state index in [4.69, 9.17) is 15.2 Å². The Bertz CT molecular complexity index is 592. The van der Waals surface area contributed by atoms with Crippen molar-refractivity contribution in [1.82, 2.24) is 14.5 Å². The summed E-state index contributed by atoms with van der Waals surface area (Å²) in [4.78, 5) is 6.54. The lowest BCUT2D eigenvalue weighted by Gasteiger charge is -2.12. The number of rotatable bonds is 6. The maximum atomic E-state index is 6.01. The molecule has 0 unspecified atom stereocenters. The van der Waals surface area contributed by atoms with Gasteiger partial charge < -0.3 is 24.7 Å². The van der Waals surface area contributed by atoms with Gasteiger partial charge in [0, 0.05) is 18.7 Å². The lowest BCUT2D eigenvalue weighted by atomic mass is 10.2. The van der Waals surface area contributed by atoms with Crippen LogP contribution in [0.2, 0.25) is 0 Å². The molecule has 0 bridgehead atoms. The van der Waals surface area contributed by atoms with Gasteiger partial charge in [-0.15, -0.1) is 0 Å². The number of nitrogens with zero attached hydrogens (tertiary/aromatic N) is 3. The first-order chi connectivity index (χ1) is 9.56. The fourth-order valence-corrected chi connectivity index (χ4v) is 2.25. The molecule has 6 heteroatoms. The van der Waals surface area contributed by atoms with Crippen LogP contribution in [-0.4, -0.2) is 49.3 Å². The van der Waals surface area contributed by atoms with Crippen molar-refractivity contribution < 1.29 is 9.47 Å². The number of imidazole rings is 1. The molecule has 0 aliphatic carbocycles. The third-order valence-electron chi connectivity index (χ3n) is 3.27. The van der Waals surface area contributed by atoms with Crippen molar-refractivity contribution in [1.29, 1.82) is 0 Å². The van der Waals surface area contributed by atoms with E-state index in [0.717, 1.165) is 30.5 Å². The molecule has 2 rings (SSSR count). The summed E-state index contributed by atoms with van der Waals surface area (Å²) in [6, 6.07) is 3.78. The molecule has 2 N–H and O–H groups in total. The van der Waals surface area contributed by atoms with Crippen molar-refractivity contribution in [2.45, 2.75) is 13.0 Å². The average molecular weight is 278 g/mol. The Morgan fingerprint density at radius 3 is 2.45 bits per heavy atom. The predicted molar refractivity (Wildman–Crippen MR) is 80.4 cm³/mol. The summed E-state index contributed by atoms with van der Waals surface area (Å²) in [6.07, 6.45) is 1.01. The van der Waals surface area contributed by atoms with Crippen molar-refractivity contribution in [3.8, 4) is 11.5 Å². The van der Waals surface area contributed by atoms with Gasteiger partial charge >= 0.3 is 0 Å². The minimum Gasteiger partial charge on any atom is -0.493 e. The van der Waals surface area contributed by atoms with Gasteiger partial charge in [0.25, 0.3) is 0 Å². The lowest BCUT2D eigenvalue weighted by molar-refractivity contribution is 0.355. The Balaban J connectivity index is 2.36. The van der Waals surface area contributed by atoms with Gasteiger partial charge in [0.05, 0.1) is 25.3 Å². The van der Waals surface area contributed by atoms with Gasteiger partial charge in [-0.1, -0.05) is 0 Å². The average Bonchev–Trinajstić information content (AvgIpc) is 2.72. The summed E-state index contributed by atoms with van der Waals surface area (Å²) in [5.74, 6) is 1.88. The van der Waals surface area contributed by atoms with Crippen LogP contribution in [0.1, 0.15) is 6.42 Å². The first-order valence-corrected chi connectivity index (χ1v) is 6.59. The molecule has 0 aliphatic heterocycles. The number of hydrogen-bond donors (Lipinski definition) is 1. The van der Waals surface area contributed by atoms with Crippen LogP contribution in [0.3, 0.4) is 0 Å². The number of hydrogen-bond acceptors (Lipinski definition) is 5. The third-order valence-corrected chi connectivity index (χ3v) is 3.27. The number of aromatic nitrogens is 2. The highest BCUT2D eigenvalue weighted by molar-refractivity contribution is 5.82. The van der Waals surface area contributed by atoms with Crippen LogP contribution >= 0.6 is 0 Å². The van der Waals surface area contributed by atoms with Crippen molar-refractivity contribution in [2.24, 2.45) is 0 Å². The largest absolute Gasteiger partial charge is 0.493 e. The standard InChI is InChI=1S/C14H22N4O2/c1-17(2)6-5-7-18-11-9-13(20-4)12(19-3)8-10(11)16-14(18)15/h8-9H,5-7H2,1-4H3,(H2,15,16). The highest BCUT2D eigenvalue weighted by atomic mass is 16.5. The van der Waals surface area contributed by atoms with Crippen LogP contribution < -0.4 is 15.2 Å². The third kappa shape index (κ3) is 2.80. The van der Waals surface area contributed by atoms with Gasteiger partial charge in [-0.25, -0.2) is 4.98 Å². The normalized spacial score (nSPS) is 11.2. The van der Waals surface area contributed by atoms with Crippen LogP contribution in [0.25, 0.3) is 11.0 Å². The maximum absolute atomic E-state index is 6.01. The number of aryl methyl sites for hydroxylation is 1. The second kappa shape index (κ2) is 6.00. The summed E-state index contributed by atoms with van der Waals surface area (Å²) >= 11 is 0. The van der Waals surface area contributed by atoms with Crippen LogP contribution in [0, 0.1) is 0 Å². The molecule has 0 radical (unpaired) electrons. The molecule has 20 heavy (non-hydrogen) atoms. The first kappa shape index (κ1) is 14.5. The molecule has 2 aromatic rings. The van der Waals surface area contributed by atoms with Gasteiger partial charge in [0.2, 0.25) is 5.95 Å². The molecule has 0 aliphatic rings. The number of anilines is 1. The molecule has 1 aromatic carbocycles. The van der Waals surface area contributed by atoms with Crippen molar-refractivity contribution in [2.75, 3.05) is 40.6 Å². The lowest BCUT2D eigenvalue weighted by Crippen LogP contribution is -2.15. The summed E-state index contributed by atoms with van der Waals surface area (Å²) in [5.41, 5.74) is 7.81. The van der Waals surface area contributed by atoms with Gasteiger partial charge in [-0.3, -0.25) is 0 Å². The molecule has 0 atom stereocenters. The molecular formula is C14H22N4O2. The fourth-order valence-electron chi connectivity index (χ4n) is 2.25. The first-order valence-electron chi connectivity index (χ1n) is 6.59. The molecule has 0 amide bonds. The van der Waals surface area contributed by atoms with Crippen LogP contribution in [0.4, 0.5) is 5.95 Å². The zero-order chi connectivity index (χ0) is 14.7. The number of nitrogens with two attached hydrogens (primary N) is 1. The number of benzene rings is 1. The monoisotopic (exact) mass is 278 g/mol. The predicted octanol–water partition coefficient (Wildman–Crippen LogP) is 1.59. The van der Waals surface area contributed by atoms with Crippen LogP contribution in [0.5, 0.6) is 11.5 Å². The second-order valence-corrected chi connectivity index (χ2v) is 4.97. The smallest absolute Gasteiger partial charge is 0.201 e. The Morgan fingerprint density at radius 1 is 1.20 bits per heavy atom. The van der Waals surface area contributed by atoms with Crippen LogP contribution in [0.15, 0.2) is 12.1 Å². The summed E-state index contributed by atoms with van der Waals surface area (Å²) < 4.78 is 12.6. The number of methoxy groups -OCH3 is 2. The molecule has 6 nitrogen and oxygen atoms in total. The van der Waals surface area contributed by atoms with E-state index >= 15 is 0 Å². The fraction of sp³-hybridized carbons (Fsp3) is 0.500. The Hall–Kier alpha value is -1.95. The van der Waals surface area contributed by atoms with E-state index < -0.39 is 0 Å². The Morgan fingerprint density at radius 2 is 1.85 bits per heavy atom. The summed E-state index contributed by atoms with van der Waals surface area (Å²) in [5, 5.41) is 0. The zero-order valence-electron chi connectivity index (χ0n) is 12.5. The Labute approximate surface area is 119 Å². The quantitative estimate of drug-likeness (QED) is 0.869. The van der Waals surface area contributed by atoms with Crippen molar-refractivity contribution >= 4 is 17.0 Å². The minimum absolute atomic E-state index is 0.522. The maximum Gasteiger partial charge on any atom is 0.201 e. The van der Waals surface area contributed by atoms with Gasteiger partial charge in [-0.05, 0) is 27.1 Å². The molecule has 1 aromatic heterocycles. The number of ether oxygens (including phenoxy) is 2. The molecule has 0 fully saturated rings. The summed E-state index contributed by atoms with van der Waals surface area (Å²) in [6.45, 7) is 1.84. The van der Waals surface area contributed by atoms with E-state index in [9.17, 15) is 0 Å². The number of nitrogen functional groups attached to an aromatic ring is 1. The number of fused-ring (bicyclic) bond motifs is 1. The van der Waals surface area contributed by atoms with Gasteiger partial charge in [0.15, 0.2) is 11.5 Å². The van der Waals surface area contributed by atoms with E-state index in [1.165, 1.54) is 0 Å². The van der Waals surface area contributed by atoms with E-state index in [0.29, 0.717) is 17.4 Å². The second-order valence-electron chi connectivity index (χ2n) is 4.97. The minimum atomic E-state index is 0.522. The highest BCUT2D eigenvalue weighted by Gasteiger charge is 2.13. The van der Waals surface area contributed by atoms with Crippen LogP contribution in [-0.2, 0) is 6.54 Å². The van der Waals surface area contributed by atoms with E-state index in [-0.39, 0.29) is 0 Å². The van der Waals surface area contributed by atoms with Gasteiger partial charge in [0.1, 0.15) is 0 Å². The molecule has 110 valence electrons. The molecule has 0 saturated carbocycles. The topological polar surface area (TPSA) is 65.5 Å². The molecule has 0 spiro atoms. The molecule has 0 saturated heterocycles. The molecule has 1 heterocycles. The van der Waals surface area contributed by atoms with Gasteiger partial charge in [-0.2, -0.15) is 0 Å². The SMILES string of the molecule is COc1cc2nc(N)n(CCCN(C)C)c2cc1OC. The highest BCUT2D eigenvalue weighted by Crippen LogP contribution is 2.32. The summed E-state index contributed by atoms with van der Waals surface area (Å²) in [7, 11) is 7.35. The zero-order valence-corrected chi connectivity index (χ0v) is 12.5. The van der Waals surface area contributed by atoms with E-state index in [2.05, 4.69) is 24.0 Å². The van der Waals surface area contributed by atoms with Crippen molar-refractivity contribution in [3.05, 3.63) is 12.1 Å².